The fourth-order valence-electron chi connectivity index (χ4n) is 2.38. The van der Waals surface area contributed by atoms with Crippen LogP contribution in [0.25, 0.3) is 11.3 Å². The normalized spacial score (nSPS) is 11.6. The van der Waals surface area contributed by atoms with E-state index in [1.165, 1.54) is 0 Å². The number of aromatic nitrogens is 1. The molecule has 0 amide bonds. The Labute approximate surface area is 120 Å². The lowest BCUT2D eigenvalue weighted by Gasteiger charge is -2.21. The summed E-state index contributed by atoms with van der Waals surface area (Å²) >= 11 is 0. The lowest BCUT2D eigenvalue weighted by atomic mass is 9.96. The third-order valence-corrected chi connectivity index (χ3v) is 3.39. The smallest absolute Gasteiger partial charge is 0.256 e. The highest BCUT2D eigenvalue weighted by Gasteiger charge is 2.20. The molecule has 20 heavy (non-hydrogen) atoms. The van der Waals surface area contributed by atoms with Gasteiger partial charge in [-0.3, -0.25) is 4.79 Å². The molecule has 2 N–H and O–H groups in total. The van der Waals surface area contributed by atoms with Crippen LogP contribution in [0.2, 0.25) is 0 Å². The molecule has 0 spiro atoms. The SMILES string of the molecule is CCCn1c(-c2ccccc2)ccc(C(C)(C)N)c1=O. The average molecular weight is 270 g/mol. The van der Waals surface area contributed by atoms with E-state index in [4.69, 9.17) is 5.73 Å². The number of rotatable bonds is 4. The minimum Gasteiger partial charge on any atom is -0.322 e. The molecular weight excluding hydrogens is 248 g/mol. The fraction of sp³-hybridized carbons (Fsp3) is 0.353. The first-order valence-electron chi connectivity index (χ1n) is 7.03. The maximum absolute atomic E-state index is 12.7. The first-order valence-corrected chi connectivity index (χ1v) is 7.03. The van der Waals surface area contributed by atoms with Gasteiger partial charge in [-0.2, -0.15) is 0 Å². The van der Waals surface area contributed by atoms with E-state index in [0.29, 0.717) is 12.1 Å². The highest BCUT2D eigenvalue weighted by molar-refractivity contribution is 5.59. The van der Waals surface area contributed by atoms with Gasteiger partial charge in [-0.15, -0.1) is 0 Å². The zero-order chi connectivity index (χ0) is 14.8. The van der Waals surface area contributed by atoms with Crippen LogP contribution in [0.4, 0.5) is 0 Å². The molecule has 0 aliphatic carbocycles. The van der Waals surface area contributed by atoms with Crippen LogP contribution >= 0.6 is 0 Å². The van der Waals surface area contributed by atoms with Gasteiger partial charge in [0, 0.05) is 17.6 Å². The van der Waals surface area contributed by atoms with Crippen molar-refractivity contribution in [2.75, 3.05) is 0 Å². The van der Waals surface area contributed by atoms with Gasteiger partial charge < -0.3 is 10.3 Å². The van der Waals surface area contributed by atoms with Gasteiger partial charge in [0.05, 0.1) is 5.69 Å². The Balaban J connectivity index is 2.66. The van der Waals surface area contributed by atoms with E-state index in [1.54, 1.807) is 0 Å². The molecule has 1 aromatic carbocycles. The predicted molar refractivity (Wildman–Crippen MR) is 83.6 cm³/mol. The second-order valence-corrected chi connectivity index (χ2v) is 5.68. The van der Waals surface area contributed by atoms with Gasteiger partial charge in [-0.05, 0) is 38.0 Å². The minimum absolute atomic E-state index is 0.0145. The average Bonchev–Trinajstić information content (AvgIpc) is 2.40. The van der Waals surface area contributed by atoms with Crippen LogP contribution in [0.3, 0.4) is 0 Å². The fourth-order valence-corrected chi connectivity index (χ4v) is 2.38. The molecule has 0 saturated heterocycles. The van der Waals surface area contributed by atoms with Gasteiger partial charge in [0.2, 0.25) is 0 Å². The highest BCUT2D eigenvalue weighted by atomic mass is 16.1. The van der Waals surface area contributed by atoms with Crippen LogP contribution in [-0.2, 0) is 12.1 Å². The van der Waals surface area contributed by atoms with Crippen LogP contribution in [0.1, 0.15) is 32.8 Å². The molecule has 1 heterocycles. The Kier molecular flexibility index (Phi) is 4.09. The van der Waals surface area contributed by atoms with Crippen molar-refractivity contribution >= 4 is 0 Å². The van der Waals surface area contributed by atoms with E-state index in [1.807, 2.05) is 60.9 Å². The highest BCUT2D eigenvalue weighted by Crippen LogP contribution is 2.21. The molecule has 3 heteroatoms. The Morgan fingerprint density at radius 2 is 1.75 bits per heavy atom. The topological polar surface area (TPSA) is 48.0 Å². The molecule has 0 atom stereocenters. The second-order valence-electron chi connectivity index (χ2n) is 5.68. The van der Waals surface area contributed by atoms with Crippen molar-refractivity contribution in [1.29, 1.82) is 0 Å². The van der Waals surface area contributed by atoms with E-state index in [2.05, 4.69) is 6.92 Å². The van der Waals surface area contributed by atoms with Gasteiger partial charge in [-0.25, -0.2) is 0 Å². The van der Waals surface area contributed by atoms with E-state index < -0.39 is 5.54 Å². The predicted octanol–water partition coefficient (Wildman–Crippen LogP) is 3.12. The summed E-state index contributed by atoms with van der Waals surface area (Å²) in [4.78, 5) is 12.7. The molecule has 0 fully saturated rings. The number of pyridine rings is 1. The standard InChI is InChI=1S/C17H22N2O/c1-4-12-19-15(13-8-6-5-7-9-13)11-10-14(16(19)20)17(2,3)18/h5-11H,4,12,18H2,1-3H3. The lowest BCUT2D eigenvalue weighted by molar-refractivity contribution is 0.532. The van der Waals surface area contributed by atoms with Crippen molar-refractivity contribution < 1.29 is 0 Å². The Morgan fingerprint density at radius 1 is 1.10 bits per heavy atom. The molecule has 0 radical (unpaired) electrons. The Hall–Kier alpha value is -1.87. The quantitative estimate of drug-likeness (QED) is 0.928. The molecule has 1 aromatic heterocycles. The van der Waals surface area contributed by atoms with Crippen LogP contribution < -0.4 is 11.3 Å². The summed E-state index contributed by atoms with van der Waals surface area (Å²) in [5, 5.41) is 0. The number of hydrogen-bond acceptors (Lipinski definition) is 2. The molecule has 106 valence electrons. The van der Waals surface area contributed by atoms with Crippen molar-refractivity contribution in [1.82, 2.24) is 4.57 Å². The molecule has 0 aliphatic rings. The van der Waals surface area contributed by atoms with E-state index in [-0.39, 0.29) is 5.56 Å². The number of benzene rings is 1. The Morgan fingerprint density at radius 3 is 2.30 bits per heavy atom. The van der Waals surface area contributed by atoms with Gasteiger partial charge in [0.25, 0.3) is 5.56 Å². The Bertz CT molecular complexity index is 636. The van der Waals surface area contributed by atoms with Gasteiger partial charge >= 0.3 is 0 Å². The van der Waals surface area contributed by atoms with Crippen LogP contribution in [-0.4, -0.2) is 4.57 Å². The molecule has 0 saturated carbocycles. The summed E-state index contributed by atoms with van der Waals surface area (Å²) in [6.07, 6.45) is 0.911. The molecular formula is C17H22N2O. The summed E-state index contributed by atoms with van der Waals surface area (Å²) in [5.74, 6) is 0. The molecule has 3 nitrogen and oxygen atoms in total. The maximum Gasteiger partial charge on any atom is 0.256 e. The molecule has 2 rings (SSSR count). The van der Waals surface area contributed by atoms with E-state index >= 15 is 0 Å². The molecule has 0 unspecified atom stereocenters. The van der Waals surface area contributed by atoms with Crippen LogP contribution in [0.5, 0.6) is 0 Å². The summed E-state index contributed by atoms with van der Waals surface area (Å²) in [6, 6.07) is 13.8. The zero-order valence-electron chi connectivity index (χ0n) is 12.4. The summed E-state index contributed by atoms with van der Waals surface area (Å²) in [5.41, 5.74) is 8.15. The van der Waals surface area contributed by atoms with Crippen molar-refractivity contribution in [3.05, 3.63) is 58.4 Å². The van der Waals surface area contributed by atoms with E-state index in [0.717, 1.165) is 17.7 Å². The van der Waals surface area contributed by atoms with Gasteiger partial charge in [0.15, 0.2) is 0 Å². The zero-order valence-corrected chi connectivity index (χ0v) is 12.4. The first-order chi connectivity index (χ1) is 9.45. The molecule has 0 bridgehead atoms. The van der Waals surface area contributed by atoms with Crippen molar-refractivity contribution in [3.63, 3.8) is 0 Å². The first kappa shape index (κ1) is 14.5. The van der Waals surface area contributed by atoms with Crippen molar-refractivity contribution in [3.8, 4) is 11.3 Å². The van der Waals surface area contributed by atoms with Crippen molar-refractivity contribution in [2.45, 2.75) is 39.3 Å². The summed E-state index contributed by atoms with van der Waals surface area (Å²) in [7, 11) is 0. The number of nitrogens with zero attached hydrogens (tertiary/aromatic N) is 1. The van der Waals surface area contributed by atoms with Gasteiger partial charge in [0.1, 0.15) is 0 Å². The van der Waals surface area contributed by atoms with Crippen LogP contribution in [0.15, 0.2) is 47.3 Å². The second kappa shape index (κ2) is 5.63. The van der Waals surface area contributed by atoms with Crippen molar-refractivity contribution in [2.24, 2.45) is 5.73 Å². The number of nitrogens with two attached hydrogens (primary N) is 1. The van der Waals surface area contributed by atoms with E-state index in [9.17, 15) is 4.79 Å². The summed E-state index contributed by atoms with van der Waals surface area (Å²) in [6.45, 7) is 6.50. The third-order valence-electron chi connectivity index (χ3n) is 3.39. The molecule has 2 aromatic rings. The lowest BCUT2D eigenvalue weighted by Crippen LogP contribution is -2.38. The van der Waals surface area contributed by atoms with Gasteiger partial charge in [-0.1, -0.05) is 37.3 Å². The minimum atomic E-state index is -0.623. The maximum atomic E-state index is 12.7. The van der Waals surface area contributed by atoms with Crippen LogP contribution in [0, 0.1) is 0 Å². The summed E-state index contributed by atoms with van der Waals surface area (Å²) < 4.78 is 1.83. The third kappa shape index (κ3) is 2.83. The number of hydrogen-bond donors (Lipinski definition) is 1. The largest absolute Gasteiger partial charge is 0.322 e. The monoisotopic (exact) mass is 270 g/mol. The molecule has 0 aliphatic heterocycles.